The van der Waals surface area contributed by atoms with E-state index in [0.29, 0.717) is 0 Å². The van der Waals surface area contributed by atoms with Gasteiger partial charge in [-0.3, -0.25) is 4.79 Å². The minimum atomic E-state index is -4.75. The summed E-state index contributed by atoms with van der Waals surface area (Å²) in [6, 6.07) is 4.09. The lowest BCUT2D eigenvalue weighted by Crippen LogP contribution is -2.34. The fourth-order valence-corrected chi connectivity index (χ4v) is 1.16. The third kappa shape index (κ3) is 4.62. The highest BCUT2D eigenvalue weighted by atomic mass is 19.4. The van der Waals surface area contributed by atoms with E-state index in [0.717, 1.165) is 12.1 Å². The molecule has 18 heavy (non-hydrogen) atoms. The molecule has 4 nitrogen and oxygen atoms in total. The second-order valence-corrected chi connectivity index (χ2v) is 3.63. The summed E-state index contributed by atoms with van der Waals surface area (Å²) in [5.74, 6) is -0.871. The van der Waals surface area contributed by atoms with Crippen molar-refractivity contribution in [3.63, 3.8) is 0 Å². The van der Waals surface area contributed by atoms with Crippen molar-refractivity contribution in [1.29, 1.82) is 0 Å². The van der Waals surface area contributed by atoms with Gasteiger partial charge in [0.25, 0.3) is 5.91 Å². The molecule has 1 aromatic rings. The van der Waals surface area contributed by atoms with E-state index in [1.165, 1.54) is 12.1 Å². The highest BCUT2D eigenvalue weighted by Gasteiger charge is 2.31. The van der Waals surface area contributed by atoms with Gasteiger partial charge >= 0.3 is 6.36 Å². The quantitative estimate of drug-likeness (QED) is 0.869. The van der Waals surface area contributed by atoms with E-state index >= 15 is 0 Å². The largest absolute Gasteiger partial charge is 0.573 e. The number of aliphatic hydroxyl groups excluding tert-OH is 1. The maximum atomic E-state index is 11.9. The number of nitrogens with one attached hydrogen (secondary N) is 1. The predicted molar refractivity (Wildman–Crippen MR) is 57.1 cm³/mol. The molecular weight excluding hydrogens is 251 g/mol. The number of carbonyl (C=O) groups is 1. The van der Waals surface area contributed by atoms with E-state index < -0.39 is 24.1 Å². The van der Waals surface area contributed by atoms with Crippen LogP contribution in [0, 0.1) is 0 Å². The number of rotatable bonds is 4. The zero-order valence-electron chi connectivity index (χ0n) is 9.49. The average Bonchev–Trinajstić information content (AvgIpc) is 2.27. The number of carbonyl (C=O) groups excluding carboxylic acids is 1. The van der Waals surface area contributed by atoms with Gasteiger partial charge in [-0.15, -0.1) is 13.2 Å². The molecule has 0 bridgehead atoms. The van der Waals surface area contributed by atoms with Crippen molar-refractivity contribution < 1.29 is 27.8 Å². The van der Waals surface area contributed by atoms with Crippen molar-refractivity contribution in [2.75, 3.05) is 6.61 Å². The van der Waals surface area contributed by atoms with E-state index in [1.54, 1.807) is 6.92 Å². The van der Waals surface area contributed by atoms with Gasteiger partial charge in [-0.05, 0) is 31.2 Å². The van der Waals surface area contributed by atoms with Crippen molar-refractivity contribution in [2.45, 2.75) is 19.3 Å². The summed E-state index contributed by atoms with van der Waals surface area (Å²) >= 11 is 0. The molecule has 1 rings (SSSR count). The normalized spacial score (nSPS) is 12.9. The molecule has 0 fully saturated rings. The summed E-state index contributed by atoms with van der Waals surface area (Å²) < 4.78 is 39.3. The third-order valence-electron chi connectivity index (χ3n) is 2.00. The summed E-state index contributed by atoms with van der Waals surface area (Å²) in [5, 5.41) is 11.2. The lowest BCUT2D eigenvalue weighted by atomic mass is 10.2. The minimum absolute atomic E-state index is 0.185. The first-order valence-electron chi connectivity index (χ1n) is 5.09. The molecule has 0 saturated heterocycles. The van der Waals surface area contributed by atoms with Gasteiger partial charge < -0.3 is 15.2 Å². The number of amides is 1. The van der Waals surface area contributed by atoms with Gasteiger partial charge in [0.2, 0.25) is 0 Å². The number of ether oxygens (including phenoxy) is 1. The predicted octanol–water partition coefficient (Wildman–Crippen LogP) is 1.70. The number of benzene rings is 1. The first kappa shape index (κ1) is 14.3. The highest BCUT2D eigenvalue weighted by molar-refractivity contribution is 5.94. The zero-order valence-corrected chi connectivity index (χ0v) is 9.49. The molecule has 2 N–H and O–H groups in total. The van der Waals surface area contributed by atoms with Crippen molar-refractivity contribution in [1.82, 2.24) is 5.32 Å². The molecule has 1 amide bonds. The van der Waals surface area contributed by atoms with Crippen molar-refractivity contribution in [2.24, 2.45) is 0 Å². The van der Waals surface area contributed by atoms with E-state index in [4.69, 9.17) is 5.11 Å². The Balaban J connectivity index is 2.68. The molecule has 0 spiro atoms. The van der Waals surface area contributed by atoms with E-state index in [2.05, 4.69) is 10.1 Å². The van der Waals surface area contributed by atoms with Crippen LogP contribution in [0.1, 0.15) is 17.3 Å². The molecule has 0 unspecified atom stereocenters. The minimum Gasteiger partial charge on any atom is -0.406 e. The van der Waals surface area contributed by atoms with Gasteiger partial charge in [0.15, 0.2) is 0 Å². The van der Waals surface area contributed by atoms with Crippen LogP contribution in [-0.2, 0) is 0 Å². The van der Waals surface area contributed by atoms with E-state index in [9.17, 15) is 18.0 Å². The number of aliphatic hydroxyl groups is 1. The lowest BCUT2D eigenvalue weighted by molar-refractivity contribution is -0.274. The maximum absolute atomic E-state index is 11.9. The summed E-state index contributed by atoms with van der Waals surface area (Å²) in [5.41, 5.74) is 0.185. The Morgan fingerprint density at radius 1 is 1.39 bits per heavy atom. The van der Waals surface area contributed by atoms with Crippen LogP contribution in [0.25, 0.3) is 0 Å². The Bertz CT molecular complexity index is 403. The van der Waals surface area contributed by atoms with Crippen LogP contribution in [0.5, 0.6) is 5.75 Å². The number of halogens is 3. The topological polar surface area (TPSA) is 58.6 Å². The Labute approximate surface area is 101 Å². The smallest absolute Gasteiger partial charge is 0.406 e. The first-order valence-corrected chi connectivity index (χ1v) is 5.09. The van der Waals surface area contributed by atoms with Gasteiger partial charge in [-0.2, -0.15) is 0 Å². The third-order valence-corrected chi connectivity index (χ3v) is 2.00. The summed E-state index contributed by atoms with van der Waals surface area (Å²) in [6.45, 7) is 1.38. The Morgan fingerprint density at radius 2 is 1.94 bits per heavy atom. The fourth-order valence-electron chi connectivity index (χ4n) is 1.16. The summed E-state index contributed by atoms with van der Waals surface area (Å²) in [7, 11) is 0. The first-order chi connectivity index (χ1) is 8.31. The molecule has 0 aliphatic carbocycles. The van der Waals surface area contributed by atoms with Crippen LogP contribution in [0.3, 0.4) is 0 Å². The second-order valence-electron chi connectivity index (χ2n) is 3.63. The van der Waals surface area contributed by atoms with Crippen molar-refractivity contribution >= 4 is 5.91 Å². The summed E-state index contributed by atoms with van der Waals surface area (Å²) in [4.78, 5) is 11.5. The monoisotopic (exact) mass is 263 g/mol. The van der Waals surface area contributed by atoms with Crippen molar-refractivity contribution in [3.8, 4) is 5.75 Å². The SMILES string of the molecule is C[C@@H](CO)NC(=O)c1ccc(OC(F)(F)F)cc1. The molecule has 1 aromatic carbocycles. The van der Waals surface area contributed by atoms with Crippen LogP contribution >= 0.6 is 0 Å². The molecule has 100 valence electrons. The van der Waals surface area contributed by atoms with Crippen molar-refractivity contribution in [3.05, 3.63) is 29.8 Å². The molecule has 0 heterocycles. The molecule has 0 aliphatic heterocycles. The lowest BCUT2D eigenvalue weighted by Gasteiger charge is -2.11. The van der Waals surface area contributed by atoms with Crippen LogP contribution in [0.4, 0.5) is 13.2 Å². The number of hydrogen-bond acceptors (Lipinski definition) is 3. The zero-order chi connectivity index (χ0) is 13.8. The van der Waals surface area contributed by atoms with Gasteiger partial charge in [0.05, 0.1) is 6.61 Å². The molecule has 0 saturated carbocycles. The van der Waals surface area contributed by atoms with Crippen LogP contribution < -0.4 is 10.1 Å². The number of hydrogen-bond donors (Lipinski definition) is 2. The highest BCUT2D eigenvalue weighted by Crippen LogP contribution is 2.22. The van der Waals surface area contributed by atoms with E-state index in [-0.39, 0.29) is 12.2 Å². The van der Waals surface area contributed by atoms with Gasteiger partial charge in [-0.1, -0.05) is 0 Å². The van der Waals surface area contributed by atoms with Gasteiger partial charge in [-0.25, -0.2) is 0 Å². The molecular formula is C11H12F3NO3. The Hall–Kier alpha value is -1.76. The van der Waals surface area contributed by atoms with Gasteiger partial charge in [0.1, 0.15) is 5.75 Å². The Kier molecular flexibility index (Phi) is 4.55. The fraction of sp³-hybridized carbons (Fsp3) is 0.364. The Morgan fingerprint density at radius 3 is 2.39 bits per heavy atom. The van der Waals surface area contributed by atoms with Gasteiger partial charge in [0, 0.05) is 11.6 Å². The number of alkyl halides is 3. The van der Waals surface area contributed by atoms with Crippen LogP contribution in [-0.4, -0.2) is 30.0 Å². The standard InChI is InChI=1S/C11H12F3NO3/c1-7(6-16)15-10(17)8-2-4-9(5-3-8)18-11(12,13)14/h2-5,7,16H,6H2,1H3,(H,15,17)/t7-/m0/s1. The molecule has 7 heteroatoms. The average molecular weight is 263 g/mol. The molecule has 0 radical (unpaired) electrons. The maximum Gasteiger partial charge on any atom is 0.573 e. The summed E-state index contributed by atoms with van der Waals surface area (Å²) in [6.07, 6.45) is -4.75. The van der Waals surface area contributed by atoms with Crippen LogP contribution in [0.15, 0.2) is 24.3 Å². The molecule has 1 atom stereocenters. The van der Waals surface area contributed by atoms with E-state index in [1.807, 2.05) is 0 Å². The molecule has 0 aromatic heterocycles. The second kappa shape index (κ2) is 5.72. The molecule has 0 aliphatic rings. The van der Waals surface area contributed by atoms with Crippen LogP contribution in [0.2, 0.25) is 0 Å².